The number of halogens is 2. The zero-order chi connectivity index (χ0) is 18.2. The SMILES string of the molecule is CCCC1=[C]([Zr+2][CH]2C(n3ccc4ccccc43)=Cc3ccccc32)CC=C1.[Cl-].[Cl-]. The van der Waals surface area contributed by atoms with Crippen LogP contribution >= 0.6 is 0 Å². The van der Waals surface area contributed by atoms with Crippen LogP contribution in [0.4, 0.5) is 0 Å². The van der Waals surface area contributed by atoms with Gasteiger partial charge >= 0.3 is 173 Å². The van der Waals surface area contributed by atoms with Gasteiger partial charge < -0.3 is 24.8 Å². The molecule has 0 spiro atoms. The van der Waals surface area contributed by atoms with Crippen molar-refractivity contribution in [3.8, 4) is 0 Å². The van der Waals surface area contributed by atoms with Gasteiger partial charge in [-0.25, -0.2) is 0 Å². The molecule has 2 aromatic carbocycles. The standard InChI is InChI=1S/C17H12N.C8H11.2ClH.Zr/c1-2-7-15-12-16(11-14(15)6-1)18-10-9-13-5-3-4-8-17(13)18;1-2-5-8-6-3-4-7-8;;;/h1-12H;3,6H,2,4-5H2,1H3;2*1H;/q;;;;+2/p-2. The van der Waals surface area contributed by atoms with Crippen molar-refractivity contribution in [1.29, 1.82) is 0 Å². The van der Waals surface area contributed by atoms with Gasteiger partial charge in [-0.05, 0) is 0 Å². The van der Waals surface area contributed by atoms with Crippen molar-refractivity contribution in [3.63, 3.8) is 0 Å². The quantitative estimate of drug-likeness (QED) is 0.490. The fourth-order valence-corrected chi connectivity index (χ4v) is 8.70. The molecule has 1 atom stereocenters. The molecule has 0 N–H and O–H groups in total. The van der Waals surface area contributed by atoms with Crippen molar-refractivity contribution < 1.29 is 48.0 Å². The molecular weight excluding hydrogens is 476 g/mol. The zero-order valence-corrected chi connectivity index (χ0v) is 20.4. The van der Waals surface area contributed by atoms with Crippen molar-refractivity contribution in [2.75, 3.05) is 0 Å². The van der Waals surface area contributed by atoms with Gasteiger partial charge in [0.15, 0.2) is 0 Å². The van der Waals surface area contributed by atoms with Crippen LogP contribution in [0.1, 0.15) is 40.9 Å². The minimum Gasteiger partial charge on any atom is -1.00 e. The fourth-order valence-electron chi connectivity index (χ4n) is 4.36. The first-order valence-corrected chi connectivity index (χ1v) is 12.5. The van der Waals surface area contributed by atoms with Gasteiger partial charge in [0.25, 0.3) is 0 Å². The maximum absolute atomic E-state index is 2.45. The molecule has 1 unspecified atom stereocenters. The molecule has 4 heteroatoms. The van der Waals surface area contributed by atoms with E-state index in [4.69, 9.17) is 0 Å². The average molecular weight is 500 g/mol. The van der Waals surface area contributed by atoms with Crippen molar-refractivity contribution in [1.82, 2.24) is 4.57 Å². The van der Waals surface area contributed by atoms with E-state index in [0.29, 0.717) is 3.63 Å². The molecule has 1 aromatic heterocycles. The van der Waals surface area contributed by atoms with Crippen molar-refractivity contribution in [2.45, 2.75) is 29.8 Å². The van der Waals surface area contributed by atoms with E-state index < -0.39 is 23.2 Å². The van der Waals surface area contributed by atoms with Crippen LogP contribution in [-0.2, 0) is 23.2 Å². The molecule has 5 rings (SSSR count). The second kappa shape index (κ2) is 9.65. The summed E-state index contributed by atoms with van der Waals surface area (Å²) in [6.45, 7) is 2.30. The van der Waals surface area contributed by atoms with E-state index in [1.54, 1.807) is 14.4 Å². The van der Waals surface area contributed by atoms with E-state index in [2.05, 4.69) is 90.5 Å². The number of hydrogen-bond acceptors (Lipinski definition) is 0. The Labute approximate surface area is 197 Å². The summed E-state index contributed by atoms with van der Waals surface area (Å²) < 4.78 is 4.84. The number of aromatic nitrogens is 1. The smallest absolute Gasteiger partial charge is 1.00 e. The second-order valence-electron chi connectivity index (χ2n) is 7.38. The van der Waals surface area contributed by atoms with Crippen LogP contribution < -0.4 is 24.8 Å². The molecule has 0 saturated carbocycles. The third-order valence-corrected chi connectivity index (χ3v) is 10.00. The third-order valence-electron chi connectivity index (χ3n) is 5.65. The summed E-state index contributed by atoms with van der Waals surface area (Å²) in [5, 5.41) is 1.33. The monoisotopic (exact) mass is 497 g/mol. The molecule has 0 radical (unpaired) electrons. The predicted molar refractivity (Wildman–Crippen MR) is 111 cm³/mol. The molecule has 0 amide bonds. The molecule has 2 aliphatic rings. The molecule has 2 aliphatic carbocycles. The predicted octanol–water partition coefficient (Wildman–Crippen LogP) is 0.799. The summed E-state index contributed by atoms with van der Waals surface area (Å²) >= 11 is -0.766. The number of hydrogen-bond donors (Lipinski definition) is 0. The van der Waals surface area contributed by atoms with Crippen LogP contribution in [0.5, 0.6) is 0 Å². The van der Waals surface area contributed by atoms with Crippen LogP contribution in [0.25, 0.3) is 22.7 Å². The van der Waals surface area contributed by atoms with E-state index in [1.165, 1.54) is 41.4 Å². The van der Waals surface area contributed by atoms with Gasteiger partial charge in [0, 0.05) is 0 Å². The molecule has 29 heavy (non-hydrogen) atoms. The van der Waals surface area contributed by atoms with Gasteiger partial charge in [-0.2, -0.15) is 0 Å². The van der Waals surface area contributed by atoms with E-state index in [-0.39, 0.29) is 24.8 Å². The number of para-hydroxylation sites is 1. The first-order valence-electron chi connectivity index (χ1n) is 9.87. The fraction of sp³-hybridized carbons (Fsp3) is 0.200. The van der Waals surface area contributed by atoms with Crippen LogP contribution in [-0.4, -0.2) is 4.57 Å². The summed E-state index contributed by atoms with van der Waals surface area (Å²) in [4.78, 5) is 0. The summed E-state index contributed by atoms with van der Waals surface area (Å²) in [5.74, 6) is 0. The van der Waals surface area contributed by atoms with Crippen LogP contribution in [0, 0.1) is 0 Å². The Kier molecular flexibility index (Phi) is 7.44. The van der Waals surface area contributed by atoms with Crippen molar-refractivity contribution >= 4 is 22.7 Å². The first kappa shape index (κ1) is 22.4. The zero-order valence-electron chi connectivity index (χ0n) is 16.4. The first-order chi connectivity index (χ1) is 13.3. The number of fused-ring (bicyclic) bond motifs is 2. The Morgan fingerprint density at radius 1 is 1.00 bits per heavy atom. The second-order valence-corrected chi connectivity index (χ2v) is 11.0. The van der Waals surface area contributed by atoms with Gasteiger partial charge in [0.2, 0.25) is 0 Å². The van der Waals surface area contributed by atoms with E-state index in [0.717, 1.165) is 0 Å². The molecule has 3 aromatic rings. The van der Waals surface area contributed by atoms with E-state index in [1.807, 2.05) is 0 Å². The molecule has 1 nitrogen and oxygen atoms in total. The van der Waals surface area contributed by atoms with Gasteiger partial charge in [-0.3, -0.25) is 0 Å². The summed E-state index contributed by atoms with van der Waals surface area (Å²) in [6, 6.07) is 20.0. The van der Waals surface area contributed by atoms with Crippen LogP contribution in [0.15, 0.2) is 81.8 Å². The topological polar surface area (TPSA) is 4.93 Å². The van der Waals surface area contributed by atoms with Crippen LogP contribution in [0.2, 0.25) is 0 Å². The van der Waals surface area contributed by atoms with Crippen LogP contribution in [0.3, 0.4) is 0 Å². The van der Waals surface area contributed by atoms with E-state index >= 15 is 0 Å². The average Bonchev–Trinajstić information content (AvgIpc) is 3.40. The molecule has 0 saturated heterocycles. The number of rotatable bonds is 5. The molecular formula is C25H23Cl2NZr. The Morgan fingerprint density at radius 2 is 1.79 bits per heavy atom. The van der Waals surface area contributed by atoms with Gasteiger partial charge in [0.1, 0.15) is 0 Å². The summed E-state index contributed by atoms with van der Waals surface area (Å²) in [7, 11) is 0. The van der Waals surface area contributed by atoms with E-state index in [9.17, 15) is 0 Å². The molecule has 0 aliphatic heterocycles. The molecule has 1 heterocycles. The largest absolute Gasteiger partial charge is 1.00 e. The Bertz CT molecular complexity index is 1110. The number of benzene rings is 2. The Morgan fingerprint density at radius 3 is 2.66 bits per heavy atom. The maximum atomic E-state index is 2.45. The van der Waals surface area contributed by atoms with Gasteiger partial charge in [-0.15, -0.1) is 0 Å². The normalized spacial score (nSPS) is 16.9. The minimum absolute atomic E-state index is 0. The Hall–Kier alpha value is -1.34. The number of nitrogens with zero attached hydrogens (tertiary/aromatic N) is 1. The van der Waals surface area contributed by atoms with Crippen molar-refractivity contribution in [2.24, 2.45) is 0 Å². The summed E-state index contributed by atoms with van der Waals surface area (Å²) in [6.07, 6.45) is 13.2. The minimum atomic E-state index is -0.766. The molecule has 0 bridgehead atoms. The summed E-state index contributed by atoms with van der Waals surface area (Å²) in [5.41, 5.74) is 7.42. The Balaban J connectivity index is 0.00000120. The maximum Gasteiger partial charge on any atom is -1.00 e. The molecule has 0 fully saturated rings. The number of allylic oxidation sites excluding steroid dienone is 5. The molecule has 146 valence electrons. The van der Waals surface area contributed by atoms with Gasteiger partial charge in [0.05, 0.1) is 0 Å². The van der Waals surface area contributed by atoms with Gasteiger partial charge in [-0.1, -0.05) is 0 Å². The van der Waals surface area contributed by atoms with Crippen molar-refractivity contribution in [3.05, 3.63) is 92.9 Å². The third kappa shape index (κ3) is 4.13.